The third kappa shape index (κ3) is 5.25. The molecule has 4 atom stereocenters. The second-order valence-electron chi connectivity index (χ2n) is 10.4. The van der Waals surface area contributed by atoms with Crippen LogP contribution < -0.4 is 23.7 Å². The topological polar surface area (TPSA) is 222 Å². The van der Waals surface area contributed by atoms with E-state index in [0.29, 0.717) is 5.56 Å². The quantitative estimate of drug-likeness (QED) is 0.0921. The second kappa shape index (κ2) is 11.6. The number of rotatable bonds is 6. The molecule has 4 aromatic carbocycles. The molecule has 0 unspecified atom stereocenters. The van der Waals surface area contributed by atoms with E-state index in [1.807, 2.05) is 0 Å². The van der Waals surface area contributed by atoms with Crippen LogP contribution in [-0.2, 0) is 0 Å². The van der Waals surface area contributed by atoms with Gasteiger partial charge in [-0.1, -0.05) is 12.1 Å². The molecular formula is C32H26O14. The fourth-order valence-electron chi connectivity index (χ4n) is 5.22. The number of ketones is 1. The van der Waals surface area contributed by atoms with Crippen molar-refractivity contribution in [3.05, 3.63) is 82.9 Å². The van der Waals surface area contributed by atoms with Gasteiger partial charge in [-0.15, -0.1) is 0 Å². The third-order valence-corrected chi connectivity index (χ3v) is 7.51. The lowest BCUT2D eigenvalue weighted by atomic mass is 9.92. The Bertz CT molecular complexity index is 1850. The summed E-state index contributed by atoms with van der Waals surface area (Å²) in [5.41, 5.74) is 0.112. The van der Waals surface area contributed by atoms with Gasteiger partial charge < -0.3 is 59.4 Å². The van der Waals surface area contributed by atoms with Crippen LogP contribution in [0.5, 0.6) is 57.5 Å². The van der Waals surface area contributed by atoms with E-state index >= 15 is 0 Å². The van der Waals surface area contributed by atoms with Gasteiger partial charge in [0.15, 0.2) is 64.7 Å². The predicted molar refractivity (Wildman–Crippen MR) is 154 cm³/mol. The van der Waals surface area contributed by atoms with Crippen LogP contribution in [0.15, 0.2) is 60.7 Å². The first-order chi connectivity index (χ1) is 22.0. The molecule has 7 N–H and O–H groups in total. The second-order valence-corrected chi connectivity index (χ2v) is 10.4. The largest absolute Gasteiger partial charge is 0.507 e. The summed E-state index contributed by atoms with van der Waals surface area (Å²) >= 11 is 0. The predicted octanol–water partition coefficient (Wildman–Crippen LogP) is 2.99. The minimum atomic E-state index is -1.76. The van der Waals surface area contributed by atoms with E-state index in [1.165, 1.54) is 37.4 Å². The van der Waals surface area contributed by atoms with Gasteiger partial charge in [-0.05, 0) is 42.0 Å². The number of methoxy groups -OCH3 is 1. The number of carbonyl (C=O) groups is 2. The first-order valence-electron chi connectivity index (χ1n) is 13.7. The molecule has 6 rings (SSSR count). The molecule has 2 heterocycles. The number of esters is 1. The maximum absolute atomic E-state index is 13.2. The third-order valence-electron chi connectivity index (χ3n) is 7.51. The van der Waals surface area contributed by atoms with Crippen LogP contribution >= 0.6 is 0 Å². The number of phenols is 5. The van der Waals surface area contributed by atoms with Crippen LogP contribution in [0.2, 0.25) is 0 Å². The average Bonchev–Trinajstić information content (AvgIpc) is 3.04. The van der Waals surface area contributed by atoms with E-state index in [4.69, 9.17) is 23.7 Å². The van der Waals surface area contributed by atoms with E-state index in [2.05, 4.69) is 0 Å². The van der Waals surface area contributed by atoms with Crippen molar-refractivity contribution in [2.45, 2.75) is 24.4 Å². The van der Waals surface area contributed by atoms with Crippen molar-refractivity contribution in [1.82, 2.24) is 0 Å². The van der Waals surface area contributed by atoms with E-state index < -0.39 is 65.8 Å². The highest BCUT2D eigenvalue weighted by Crippen LogP contribution is 2.46. The first kappa shape index (κ1) is 30.2. The molecule has 0 spiro atoms. The molecule has 0 radical (unpaired) electrons. The first-order valence-corrected chi connectivity index (χ1v) is 13.7. The number of fused-ring (bicyclic) bond motifs is 2. The van der Waals surface area contributed by atoms with Gasteiger partial charge in [0.2, 0.25) is 5.78 Å². The van der Waals surface area contributed by atoms with Gasteiger partial charge in [0.25, 0.3) is 0 Å². The Morgan fingerprint density at radius 2 is 1.43 bits per heavy atom. The molecule has 0 amide bonds. The molecule has 2 aliphatic rings. The molecule has 0 aliphatic carbocycles. The van der Waals surface area contributed by atoms with E-state index in [-0.39, 0.29) is 51.2 Å². The fraction of sp³-hybridized carbons (Fsp3) is 0.188. The van der Waals surface area contributed by atoms with Gasteiger partial charge in [-0.25, -0.2) is 4.79 Å². The summed E-state index contributed by atoms with van der Waals surface area (Å²) in [4.78, 5) is 25.8. The van der Waals surface area contributed by atoms with Crippen molar-refractivity contribution in [3.8, 4) is 57.5 Å². The van der Waals surface area contributed by atoms with Crippen LogP contribution in [0, 0.1) is 0 Å². The fourth-order valence-corrected chi connectivity index (χ4v) is 5.22. The number of aromatic hydroxyl groups is 5. The minimum Gasteiger partial charge on any atom is -0.507 e. The number of hydrogen-bond acceptors (Lipinski definition) is 14. The highest BCUT2D eigenvalue weighted by Gasteiger charge is 2.41. The normalized spacial score (nSPS) is 19.9. The van der Waals surface area contributed by atoms with Gasteiger partial charge in [-0.2, -0.15) is 0 Å². The number of phenolic OH excluding ortho intramolecular Hbond substituents is 5. The number of benzene rings is 4. The molecule has 238 valence electrons. The van der Waals surface area contributed by atoms with Crippen LogP contribution in [0.1, 0.15) is 44.1 Å². The highest BCUT2D eigenvalue weighted by molar-refractivity contribution is 6.05. The summed E-state index contributed by atoms with van der Waals surface area (Å²) in [6.45, 7) is -0.406. The molecule has 0 bridgehead atoms. The molecule has 0 aromatic heterocycles. The van der Waals surface area contributed by atoms with Gasteiger partial charge in [-0.3, -0.25) is 4.79 Å². The van der Waals surface area contributed by atoms with E-state index in [1.54, 1.807) is 6.07 Å². The van der Waals surface area contributed by atoms with Gasteiger partial charge >= 0.3 is 5.97 Å². The zero-order valence-corrected chi connectivity index (χ0v) is 23.8. The van der Waals surface area contributed by atoms with E-state index in [0.717, 1.165) is 24.3 Å². The summed E-state index contributed by atoms with van der Waals surface area (Å²) in [5, 5.41) is 70.4. The number of hydrogen-bond donors (Lipinski definition) is 7. The highest BCUT2D eigenvalue weighted by atomic mass is 16.6. The summed E-state index contributed by atoms with van der Waals surface area (Å²) < 4.78 is 28.5. The Kier molecular flexibility index (Phi) is 7.59. The van der Waals surface area contributed by atoms with Gasteiger partial charge in [0, 0.05) is 17.7 Å². The molecule has 4 aromatic rings. The molecule has 0 saturated carbocycles. The summed E-state index contributed by atoms with van der Waals surface area (Å²) in [6, 6.07) is 12.8. The zero-order valence-electron chi connectivity index (χ0n) is 23.8. The van der Waals surface area contributed by atoms with Gasteiger partial charge in [0.1, 0.15) is 22.8 Å². The number of Topliss-reactive ketones (excluding diaryl/α,β-unsaturated/α-hetero) is 1. The van der Waals surface area contributed by atoms with Crippen LogP contribution in [0.3, 0.4) is 0 Å². The molecular weight excluding hydrogens is 608 g/mol. The van der Waals surface area contributed by atoms with Crippen molar-refractivity contribution in [1.29, 1.82) is 0 Å². The monoisotopic (exact) mass is 634 g/mol. The van der Waals surface area contributed by atoms with E-state index in [9.17, 15) is 45.3 Å². The van der Waals surface area contributed by atoms with Crippen molar-refractivity contribution in [2.75, 3.05) is 13.7 Å². The number of aliphatic hydroxyl groups is 2. The Balaban J connectivity index is 1.29. The zero-order chi connectivity index (χ0) is 32.9. The average molecular weight is 635 g/mol. The maximum Gasteiger partial charge on any atom is 0.343 e. The Morgan fingerprint density at radius 3 is 2.13 bits per heavy atom. The number of ether oxygens (including phenoxy) is 5. The van der Waals surface area contributed by atoms with Gasteiger partial charge in [0.05, 0.1) is 19.3 Å². The molecule has 2 aliphatic heterocycles. The lowest BCUT2D eigenvalue weighted by Crippen LogP contribution is -2.37. The Hall–Kier alpha value is -5.86. The minimum absolute atomic E-state index is 0.0949. The van der Waals surface area contributed by atoms with Crippen molar-refractivity contribution >= 4 is 11.8 Å². The molecule has 0 fully saturated rings. The maximum atomic E-state index is 13.2. The summed E-state index contributed by atoms with van der Waals surface area (Å²) in [7, 11) is 1.39. The van der Waals surface area contributed by atoms with Crippen LogP contribution in [0.25, 0.3) is 0 Å². The molecule has 14 heteroatoms. The Morgan fingerprint density at radius 1 is 0.761 bits per heavy atom. The number of aliphatic hydroxyl groups excluding tert-OH is 2. The lowest BCUT2D eigenvalue weighted by molar-refractivity contribution is -0.0130. The smallest absolute Gasteiger partial charge is 0.343 e. The lowest BCUT2D eigenvalue weighted by Gasteiger charge is -2.35. The Labute approximate surface area is 259 Å². The van der Waals surface area contributed by atoms with Crippen molar-refractivity contribution in [2.24, 2.45) is 0 Å². The molecule has 46 heavy (non-hydrogen) atoms. The molecule has 14 nitrogen and oxygen atoms in total. The molecule has 0 saturated heterocycles. The number of carbonyl (C=O) groups excluding carboxylic acids is 2. The summed E-state index contributed by atoms with van der Waals surface area (Å²) in [5.74, 6) is -4.94. The van der Waals surface area contributed by atoms with Crippen molar-refractivity contribution < 1.29 is 69.0 Å². The van der Waals surface area contributed by atoms with Crippen LogP contribution in [0.4, 0.5) is 0 Å². The van der Waals surface area contributed by atoms with Crippen molar-refractivity contribution in [3.63, 3.8) is 0 Å². The SMILES string of the molecule is COc1cc([C@H]2Oc3cc([C@H]4Oc5cc(OC(=O)c6cc(O)c(O)c(O)c6)cc(O)c5C(=O)[C@@H]4O)ccc3O[C@@H]2CO)ccc1O. The summed E-state index contributed by atoms with van der Waals surface area (Å²) in [6.07, 6.45) is -4.74. The standard InChI is InChI=1S/C32H26O14/c1-42-22-8-13(2-4-17(22)34)30-25(12-33)44-21-5-3-14(9-23(21)45-30)31-29(40)28(39)26-18(35)10-16(11-24(26)46-31)43-32(41)15-6-19(36)27(38)20(37)7-15/h2-11,25,29-31,33-38,40H,12H2,1H3/t25-,29+,30-,31-/m1/s1. The van der Waals surface area contributed by atoms with Crippen LogP contribution in [-0.4, -0.2) is 73.4 Å².